The van der Waals surface area contributed by atoms with Gasteiger partial charge in [-0.25, -0.2) is 4.39 Å². The van der Waals surface area contributed by atoms with Gasteiger partial charge in [-0.2, -0.15) is 0 Å². The van der Waals surface area contributed by atoms with Gasteiger partial charge in [0.1, 0.15) is 5.82 Å². The van der Waals surface area contributed by atoms with E-state index >= 15 is 0 Å². The molecule has 0 unspecified atom stereocenters. The lowest BCUT2D eigenvalue weighted by molar-refractivity contribution is 0.188. The third-order valence-electron chi connectivity index (χ3n) is 3.34. The second-order valence-electron chi connectivity index (χ2n) is 4.56. The van der Waals surface area contributed by atoms with Crippen LogP contribution in [0.5, 0.6) is 0 Å². The molecule has 1 aliphatic heterocycles. The van der Waals surface area contributed by atoms with Crippen LogP contribution < -0.4 is 5.73 Å². The van der Waals surface area contributed by atoms with Crippen molar-refractivity contribution in [3.63, 3.8) is 0 Å². The highest BCUT2D eigenvalue weighted by atomic mass is 35.5. The van der Waals surface area contributed by atoms with Crippen molar-refractivity contribution in [1.29, 1.82) is 0 Å². The second-order valence-corrected chi connectivity index (χ2v) is 4.96. The summed E-state index contributed by atoms with van der Waals surface area (Å²) in [5, 5.41) is 0.437. The highest BCUT2D eigenvalue weighted by Gasteiger charge is 2.35. The monoisotopic (exact) mass is 242 g/mol. The number of halogens is 2. The van der Waals surface area contributed by atoms with Gasteiger partial charge in [-0.3, -0.25) is 0 Å². The highest BCUT2D eigenvalue weighted by Crippen LogP contribution is 2.35. The van der Waals surface area contributed by atoms with E-state index in [9.17, 15) is 4.39 Å². The van der Waals surface area contributed by atoms with Crippen LogP contribution in [0, 0.1) is 5.82 Å². The quantitative estimate of drug-likeness (QED) is 0.819. The van der Waals surface area contributed by atoms with E-state index in [1.165, 1.54) is 6.07 Å². The smallest absolute Gasteiger partial charge is 0.129 e. The van der Waals surface area contributed by atoms with Crippen LogP contribution in [0.2, 0.25) is 5.02 Å². The molecule has 0 saturated carbocycles. The molecular weight excluding hydrogens is 227 g/mol. The first kappa shape index (κ1) is 11.8. The Balaban J connectivity index is 2.36. The predicted octanol–water partition coefficient (Wildman–Crippen LogP) is 2.36. The molecule has 1 saturated heterocycles. The molecule has 2 N–H and O–H groups in total. The summed E-state index contributed by atoms with van der Waals surface area (Å²) in [5.74, 6) is -0.292. The number of benzene rings is 1. The molecule has 0 atom stereocenters. The van der Waals surface area contributed by atoms with Gasteiger partial charge in [-0.1, -0.05) is 17.7 Å². The Morgan fingerprint density at radius 1 is 1.38 bits per heavy atom. The molecule has 88 valence electrons. The lowest BCUT2D eigenvalue weighted by Gasteiger charge is -2.38. The van der Waals surface area contributed by atoms with Crippen LogP contribution in [0.4, 0.5) is 4.39 Å². The number of likely N-dealkylation sites (tertiary alicyclic amines) is 1. The Kier molecular flexibility index (Phi) is 3.19. The summed E-state index contributed by atoms with van der Waals surface area (Å²) < 4.78 is 13.8. The molecule has 4 heteroatoms. The van der Waals surface area contributed by atoms with Gasteiger partial charge < -0.3 is 10.6 Å². The van der Waals surface area contributed by atoms with Crippen molar-refractivity contribution in [2.45, 2.75) is 18.4 Å². The minimum absolute atomic E-state index is 0.292. The average molecular weight is 243 g/mol. The molecule has 0 bridgehead atoms. The van der Waals surface area contributed by atoms with Gasteiger partial charge in [0, 0.05) is 16.1 Å². The first-order valence-electron chi connectivity index (χ1n) is 5.45. The average Bonchev–Trinajstić information content (AvgIpc) is 2.23. The number of hydrogen-bond donors (Lipinski definition) is 1. The van der Waals surface area contributed by atoms with E-state index in [1.54, 1.807) is 12.1 Å². The molecule has 0 aromatic heterocycles. The fraction of sp³-hybridized carbons (Fsp3) is 0.500. The largest absolute Gasteiger partial charge is 0.321 e. The highest BCUT2D eigenvalue weighted by molar-refractivity contribution is 6.31. The van der Waals surface area contributed by atoms with Crippen LogP contribution in [0.3, 0.4) is 0 Å². The van der Waals surface area contributed by atoms with Gasteiger partial charge in [-0.15, -0.1) is 0 Å². The van der Waals surface area contributed by atoms with Crippen molar-refractivity contribution in [2.24, 2.45) is 5.73 Å². The zero-order valence-corrected chi connectivity index (χ0v) is 10.1. The number of rotatable bonds is 1. The molecule has 1 aromatic rings. The molecule has 1 aromatic carbocycles. The number of piperidine rings is 1. The van der Waals surface area contributed by atoms with Crippen LogP contribution in [-0.4, -0.2) is 25.0 Å². The summed E-state index contributed by atoms with van der Waals surface area (Å²) in [6.07, 6.45) is 1.48. The van der Waals surface area contributed by atoms with Crippen molar-refractivity contribution in [3.05, 3.63) is 34.6 Å². The number of hydrogen-bond acceptors (Lipinski definition) is 2. The molecule has 1 fully saturated rings. The minimum Gasteiger partial charge on any atom is -0.321 e. The van der Waals surface area contributed by atoms with Gasteiger partial charge in [0.15, 0.2) is 0 Å². The molecule has 0 spiro atoms. The Labute approximate surface area is 100 Å². The van der Waals surface area contributed by atoms with E-state index in [0.717, 1.165) is 25.9 Å². The normalized spacial score (nSPS) is 21.0. The first-order chi connectivity index (χ1) is 7.53. The van der Waals surface area contributed by atoms with E-state index in [0.29, 0.717) is 10.6 Å². The predicted molar refractivity (Wildman–Crippen MR) is 64.0 cm³/mol. The van der Waals surface area contributed by atoms with Crippen molar-refractivity contribution in [2.75, 3.05) is 20.1 Å². The van der Waals surface area contributed by atoms with Crippen LogP contribution >= 0.6 is 11.6 Å². The van der Waals surface area contributed by atoms with Crippen molar-refractivity contribution >= 4 is 11.6 Å². The van der Waals surface area contributed by atoms with Gasteiger partial charge >= 0.3 is 0 Å². The molecule has 2 nitrogen and oxygen atoms in total. The molecule has 0 amide bonds. The van der Waals surface area contributed by atoms with E-state index in [2.05, 4.69) is 4.90 Å². The van der Waals surface area contributed by atoms with Crippen LogP contribution in [-0.2, 0) is 5.54 Å². The van der Waals surface area contributed by atoms with Crippen molar-refractivity contribution < 1.29 is 4.39 Å². The maximum absolute atomic E-state index is 13.8. The van der Waals surface area contributed by atoms with Crippen LogP contribution in [0.15, 0.2) is 18.2 Å². The van der Waals surface area contributed by atoms with Gasteiger partial charge in [-0.05, 0) is 45.1 Å². The van der Waals surface area contributed by atoms with E-state index in [-0.39, 0.29) is 5.82 Å². The lowest BCUT2D eigenvalue weighted by atomic mass is 9.81. The van der Waals surface area contributed by atoms with Gasteiger partial charge in [0.05, 0.1) is 0 Å². The summed E-state index contributed by atoms with van der Waals surface area (Å²) in [6, 6.07) is 4.74. The molecule has 0 aliphatic carbocycles. The Morgan fingerprint density at radius 3 is 2.56 bits per heavy atom. The topological polar surface area (TPSA) is 29.3 Å². The summed E-state index contributed by atoms with van der Waals surface area (Å²) in [6.45, 7) is 1.75. The first-order valence-corrected chi connectivity index (χ1v) is 5.83. The van der Waals surface area contributed by atoms with E-state index < -0.39 is 5.54 Å². The maximum atomic E-state index is 13.8. The van der Waals surface area contributed by atoms with Gasteiger partial charge in [0.2, 0.25) is 0 Å². The fourth-order valence-electron chi connectivity index (χ4n) is 2.24. The molecule has 0 radical (unpaired) electrons. The SMILES string of the molecule is CN1CCC(N)(c2c(F)cccc2Cl)CC1. The zero-order chi connectivity index (χ0) is 11.8. The van der Waals surface area contributed by atoms with E-state index in [4.69, 9.17) is 17.3 Å². The zero-order valence-electron chi connectivity index (χ0n) is 9.34. The molecule has 1 heterocycles. The summed E-state index contributed by atoms with van der Waals surface area (Å²) in [4.78, 5) is 2.19. The molecule has 16 heavy (non-hydrogen) atoms. The Bertz CT molecular complexity index is 366. The lowest BCUT2D eigenvalue weighted by Crippen LogP contribution is -2.47. The number of nitrogens with zero attached hydrogens (tertiary/aromatic N) is 1. The van der Waals surface area contributed by atoms with Crippen LogP contribution in [0.25, 0.3) is 0 Å². The standard InChI is InChI=1S/C12H16ClFN2/c1-16-7-5-12(15,6-8-16)11-9(13)3-2-4-10(11)14/h2-4H,5-8,15H2,1H3. The van der Waals surface area contributed by atoms with Crippen molar-refractivity contribution in [3.8, 4) is 0 Å². The third-order valence-corrected chi connectivity index (χ3v) is 3.65. The number of nitrogens with two attached hydrogens (primary N) is 1. The molecular formula is C12H16ClFN2. The maximum Gasteiger partial charge on any atom is 0.129 e. The van der Waals surface area contributed by atoms with Gasteiger partial charge in [0.25, 0.3) is 0 Å². The van der Waals surface area contributed by atoms with Crippen molar-refractivity contribution in [1.82, 2.24) is 4.90 Å². The summed E-state index contributed by atoms with van der Waals surface area (Å²) >= 11 is 6.06. The Morgan fingerprint density at radius 2 is 2.00 bits per heavy atom. The minimum atomic E-state index is -0.616. The third kappa shape index (κ3) is 2.08. The fourth-order valence-corrected chi connectivity index (χ4v) is 2.59. The molecule has 2 rings (SSSR count). The summed E-state index contributed by atoms with van der Waals surface area (Å²) in [7, 11) is 2.04. The molecule has 1 aliphatic rings. The second kappa shape index (κ2) is 4.32. The van der Waals surface area contributed by atoms with Crippen LogP contribution in [0.1, 0.15) is 18.4 Å². The van der Waals surface area contributed by atoms with E-state index in [1.807, 2.05) is 7.05 Å². The summed E-state index contributed by atoms with van der Waals surface area (Å²) in [5.41, 5.74) is 6.15. The Hall–Kier alpha value is -0.640.